The van der Waals surface area contributed by atoms with Crippen molar-refractivity contribution in [3.05, 3.63) is 23.2 Å². The van der Waals surface area contributed by atoms with E-state index in [-0.39, 0.29) is 16.5 Å². The molecule has 0 saturated carbocycles. The van der Waals surface area contributed by atoms with Gasteiger partial charge in [-0.15, -0.1) is 0 Å². The lowest BCUT2D eigenvalue weighted by Gasteiger charge is -2.12. The van der Waals surface area contributed by atoms with Crippen molar-refractivity contribution >= 4 is 23.2 Å². The summed E-state index contributed by atoms with van der Waals surface area (Å²) in [4.78, 5) is 11.8. The number of anilines is 1. The Morgan fingerprint density at radius 2 is 2.19 bits per heavy atom. The first-order valence-electron chi connectivity index (χ1n) is 5.93. The molecule has 1 aliphatic rings. The largest absolute Gasteiger partial charge is 0.433 e. The molecule has 21 heavy (non-hydrogen) atoms. The third kappa shape index (κ3) is 4.21. The van der Waals surface area contributed by atoms with E-state index in [4.69, 9.17) is 11.6 Å². The van der Waals surface area contributed by atoms with Crippen LogP contribution in [0.4, 0.5) is 23.2 Å². The lowest BCUT2D eigenvalue weighted by atomic mass is 10.2. The number of alkyl halides is 4. The maximum absolute atomic E-state index is 13.0. The Morgan fingerprint density at radius 3 is 2.71 bits per heavy atom. The molecule has 1 aromatic carbocycles. The highest BCUT2D eigenvalue weighted by Gasteiger charge is 2.42. The van der Waals surface area contributed by atoms with E-state index in [1.165, 1.54) is 12.1 Å². The minimum Gasteiger partial charge on any atom is -0.433 e. The van der Waals surface area contributed by atoms with Gasteiger partial charge in [0.1, 0.15) is 5.75 Å². The highest BCUT2D eigenvalue weighted by Crippen LogP contribution is 2.30. The smallest absolute Gasteiger partial charge is 0.387 e. The fourth-order valence-corrected chi connectivity index (χ4v) is 2.13. The molecule has 1 saturated heterocycles. The molecule has 1 amide bonds. The summed E-state index contributed by atoms with van der Waals surface area (Å²) in [5, 5.41) is 4.65. The quantitative estimate of drug-likeness (QED) is 0.837. The standard InChI is InChI=1S/C12H11ClF4N2O2/c13-7-3-6(1-2-9(7)21-11(14)15)19-10(20)8-4-12(16,17)5-18-8/h1-3,8,11,18H,4-5H2,(H,19,20). The van der Waals surface area contributed by atoms with Gasteiger partial charge in [-0.25, -0.2) is 8.78 Å². The Balaban J connectivity index is 2.00. The van der Waals surface area contributed by atoms with E-state index < -0.39 is 37.4 Å². The van der Waals surface area contributed by atoms with Gasteiger partial charge in [-0.2, -0.15) is 8.78 Å². The van der Waals surface area contributed by atoms with Crippen molar-refractivity contribution in [1.29, 1.82) is 0 Å². The molecule has 0 aliphatic carbocycles. The summed E-state index contributed by atoms with van der Waals surface area (Å²) < 4.78 is 54.2. The van der Waals surface area contributed by atoms with Crippen molar-refractivity contribution < 1.29 is 27.1 Å². The van der Waals surface area contributed by atoms with Gasteiger partial charge in [0.05, 0.1) is 17.6 Å². The van der Waals surface area contributed by atoms with Crippen LogP contribution in [0.25, 0.3) is 0 Å². The molecule has 0 bridgehead atoms. The van der Waals surface area contributed by atoms with Gasteiger partial charge in [-0.3, -0.25) is 10.1 Å². The molecule has 4 nitrogen and oxygen atoms in total. The van der Waals surface area contributed by atoms with Gasteiger partial charge in [-0.05, 0) is 18.2 Å². The van der Waals surface area contributed by atoms with Crippen LogP contribution in [-0.2, 0) is 4.79 Å². The van der Waals surface area contributed by atoms with Crippen molar-refractivity contribution in [1.82, 2.24) is 5.32 Å². The zero-order valence-electron chi connectivity index (χ0n) is 10.5. The zero-order valence-corrected chi connectivity index (χ0v) is 11.3. The predicted octanol–water partition coefficient (Wildman–Crippen LogP) is 2.88. The first kappa shape index (κ1) is 15.8. The summed E-state index contributed by atoms with van der Waals surface area (Å²) in [5.41, 5.74) is 0.198. The van der Waals surface area contributed by atoms with Crippen LogP contribution < -0.4 is 15.4 Å². The summed E-state index contributed by atoms with van der Waals surface area (Å²) in [5.74, 6) is -3.81. The Hall–Kier alpha value is -1.54. The average Bonchev–Trinajstić information content (AvgIpc) is 2.73. The van der Waals surface area contributed by atoms with E-state index in [2.05, 4.69) is 15.4 Å². The van der Waals surface area contributed by atoms with Gasteiger partial charge < -0.3 is 10.1 Å². The lowest BCUT2D eigenvalue weighted by Crippen LogP contribution is -2.35. The van der Waals surface area contributed by atoms with Gasteiger partial charge in [0.25, 0.3) is 5.92 Å². The third-order valence-electron chi connectivity index (χ3n) is 2.84. The average molecular weight is 327 g/mol. The highest BCUT2D eigenvalue weighted by molar-refractivity contribution is 6.32. The van der Waals surface area contributed by atoms with E-state index in [0.29, 0.717) is 0 Å². The molecule has 1 unspecified atom stereocenters. The van der Waals surface area contributed by atoms with Crippen molar-refractivity contribution in [3.8, 4) is 5.75 Å². The van der Waals surface area contributed by atoms with E-state index in [0.717, 1.165) is 6.07 Å². The molecule has 2 N–H and O–H groups in total. The van der Waals surface area contributed by atoms with Crippen LogP contribution in [-0.4, -0.2) is 31.0 Å². The molecule has 1 fully saturated rings. The number of benzene rings is 1. The number of carbonyl (C=O) groups is 1. The number of halogens is 5. The van der Waals surface area contributed by atoms with Gasteiger partial charge >= 0.3 is 6.61 Å². The highest BCUT2D eigenvalue weighted by atomic mass is 35.5. The van der Waals surface area contributed by atoms with E-state index in [9.17, 15) is 22.4 Å². The van der Waals surface area contributed by atoms with Gasteiger partial charge in [0, 0.05) is 12.1 Å². The maximum Gasteiger partial charge on any atom is 0.387 e. The minimum atomic E-state index is -3.02. The lowest BCUT2D eigenvalue weighted by molar-refractivity contribution is -0.118. The number of hydrogen-bond donors (Lipinski definition) is 2. The monoisotopic (exact) mass is 326 g/mol. The molecular formula is C12H11ClF4N2O2. The summed E-state index contributed by atoms with van der Waals surface area (Å²) in [6, 6.07) is 2.62. The molecule has 1 atom stereocenters. The predicted molar refractivity (Wildman–Crippen MR) is 68.1 cm³/mol. The number of carbonyl (C=O) groups excluding carboxylic acids is 1. The second-order valence-electron chi connectivity index (χ2n) is 4.51. The van der Waals surface area contributed by atoms with Gasteiger partial charge in [0.2, 0.25) is 5.91 Å². The Kier molecular flexibility index (Phi) is 4.58. The first-order chi connectivity index (χ1) is 9.77. The van der Waals surface area contributed by atoms with E-state index in [1.54, 1.807) is 0 Å². The van der Waals surface area contributed by atoms with Crippen molar-refractivity contribution in [2.45, 2.75) is 25.0 Å². The molecule has 2 rings (SSSR count). The van der Waals surface area contributed by atoms with Crippen LogP contribution in [0.1, 0.15) is 6.42 Å². The Labute approximate surface area is 122 Å². The van der Waals surface area contributed by atoms with Crippen molar-refractivity contribution in [2.24, 2.45) is 0 Å². The van der Waals surface area contributed by atoms with Crippen LogP contribution in [0.15, 0.2) is 18.2 Å². The molecule has 0 radical (unpaired) electrons. The van der Waals surface area contributed by atoms with Crippen LogP contribution in [0.2, 0.25) is 5.02 Å². The molecular weight excluding hydrogens is 316 g/mol. The van der Waals surface area contributed by atoms with Gasteiger partial charge in [0.15, 0.2) is 0 Å². The van der Waals surface area contributed by atoms with Gasteiger partial charge in [-0.1, -0.05) is 11.6 Å². The third-order valence-corrected chi connectivity index (χ3v) is 3.14. The molecule has 0 aromatic heterocycles. The first-order valence-corrected chi connectivity index (χ1v) is 6.31. The summed E-state index contributed by atoms with van der Waals surface area (Å²) in [6.07, 6.45) is -0.598. The Bertz CT molecular complexity index is 542. The van der Waals surface area contributed by atoms with Crippen LogP contribution in [0.3, 0.4) is 0 Å². The maximum atomic E-state index is 13.0. The number of hydrogen-bond acceptors (Lipinski definition) is 3. The summed E-state index contributed by atoms with van der Waals surface area (Å²) in [7, 11) is 0. The minimum absolute atomic E-state index is 0.127. The molecule has 116 valence electrons. The zero-order chi connectivity index (χ0) is 15.6. The van der Waals surface area contributed by atoms with Crippen LogP contribution in [0.5, 0.6) is 5.75 Å². The number of nitrogens with one attached hydrogen (secondary N) is 2. The normalized spacial score (nSPS) is 20.6. The molecule has 0 spiro atoms. The summed E-state index contributed by atoms with van der Waals surface area (Å²) in [6.45, 7) is -3.58. The van der Waals surface area contributed by atoms with Crippen LogP contribution >= 0.6 is 11.6 Å². The number of rotatable bonds is 4. The fraction of sp³-hybridized carbons (Fsp3) is 0.417. The summed E-state index contributed by atoms with van der Waals surface area (Å²) >= 11 is 5.72. The van der Waals surface area contributed by atoms with Crippen molar-refractivity contribution in [3.63, 3.8) is 0 Å². The second-order valence-corrected chi connectivity index (χ2v) is 4.91. The van der Waals surface area contributed by atoms with Crippen molar-refractivity contribution in [2.75, 3.05) is 11.9 Å². The fourth-order valence-electron chi connectivity index (χ4n) is 1.90. The number of ether oxygens (including phenoxy) is 1. The molecule has 1 heterocycles. The SMILES string of the molecule is O=C(Nc1ccc(OC(F)F)c(Cl)c1)C1CC(F)(F)CN1. The number of amides is 1. The molecule has 1 aromatic rings. The Morgan fingerprint density at radius 1 is 1.48 bits per heavy atom. The molecule has 1 aliphatic heterocycles. The van der Waals surface area contributed by atoms with E-state index in [1.807, 2.05) is 0 Å². The van der Waals surface area contributed by atoms with Crippen LogP contribution in [0, 0.1) is 0 Å². The molecule has 9 heteroatoms. The topological polar surface area (TPSA) is 50.4 Å². The van der Waals surface area contributed by atoms with E-state index >= 15 is 0 Å². The second kappa shape index (κ2) is 6.07.